The highest BCUT2D eigenvalue weighted by molar-refractivity contribution is 5.74. The maximum atomic E-state index is 12.9. The first kappa shape index (κ1) is 22.7. The summed E-state index contributed by atoms with van der Waals surface area (Å²) in [5, 5.41) is 3.24. The molecule has 7 nitrogen and oxygen atoms in total. The summed E-state index contributed by atoms with van der Waals surface area (Å²) >= 11 is 0. The summed E-state index contributed by atoms with van der Waals surface area (Å²) in [5.41, 5.74) is 1.10. The van der Waals surface area contributed by atoms with Crippen LogP contribution in [-0.4, -0.2) is 88.0 Å². The molecule has 0 saturated carbocycles. The third-order valence-electron chi connectivity index (χ3n) is 6.56. The minimum absolute atomic E-state index is 0.0545. The van der Waals surface area contributed by atoms with Gasteiger partial charge in [-0.1, -0.05) is 38.8 Å². The highest BCUT2D eigenvalue weighted by atomic mass is 16.5. The zero-order valence-corrected chi connectivity index (χ0v) is 18.8. The number of amides is 2. The lowest BCUT2D eigenvalue weighted by Crippen LogP contribution is -2.56. The van der Waals surface area contributed by atoms with E-state index in [0.29, 0.717) is 18.5 Å². The normalized spacial score (nSPS) is 19.1. The molecular weight excluding hydrogens is 380 g/mol. The van der Waals surface area contributed by atoms with Gasteiger partial charge < -0.3 is 24.6 Å². The minimum atomic E-state index is 0.0545. The Kier molecular flexibility index (Phi) is 8.63. The Labute approximate surface area is 181 Å². The number of hydrogen-bond donors (Lipinski definition) is 1. The van der Waals surface area contributed by atoms with Crippen molar-refractivity contribution in [3.8, 4) is 5.75 Å². The second-order valence-corrected chi connectivity index (χ2v) is 8.12. The second-order valence-electron chi connectivity index (χ2n) is 8.12. The predicted octanol–water partition coefficient (Wildman–Crippen LogP) is 2.66. The van der Waals surface area contributed by atoms with Gasteiger partial charge in [0, 0.05) is 51.9 Å². The summed E-state index contributed by atoms with van der Waals surface area (Å²) in [4.78, 5) is 19.6. The van der Waals surface area contributed by atoms with Crippen LogP contribution in [0.4, 0.5) is 10.5 Å². The quantitative estimate of drug-likeness (QED) is 0.703. The molecule has 2 saturated heterocycles. The zero-order chi connectivity index (χ0) is 21.3. The highest BCUT2D eigenvalue weighted by Gasteiger charge is 2.29. The molecule has 3 rings (SSSR count). The topological polar surface area (TPSA) is 57.3 Å². The van der Waals surface area contributed by atoms with Gasteiger partial charge in [0.2, 0.25) is 0 Å². The molecule has 2 fully saturated rings. The molecule has 0 aromatic heterocycles. The molecule has 2 aliphatic rings. The van der Waals surface area contributed by atoms with Gasteiger partial charge in [0.1, 0.15) is 5.75 Å². The number of anilines is 1. The molecule has 7 heteroatoms. The average Bonchev–Trinajstić information content (AvgIpc) is 2.82. The standard InChI is InChI=1S/C23H38N4O3/c1-4-19(5-2)21(26-14-16-30-17-15-26)18-24-23(28)27-12-10-25(11-13-27)20-8-6-7-9-22(20)29-3/h6-9,19,21H,4-5,10-18H2,1-3H3,(H,24,28)/t21-/m0/s1. The Bertz CT molecular complexity index is 654. The van der Waals surface area contributed by atoms with Crippen molar-refractivity contribution in [3.63, 3.8) is 0 Å². The Morgan fingerprint density at radius 1 is 1.07 bits per heavy atom. The Morgan fingerprint density at radius 3 is 2.37 bits per heavy atom. The van der Waals surface area contributed by atoms with Crippen LogP contribution in [0, 0.1) is 5.92 Å². The van der Waals surface area contributed by atoms with Crippen molar-refractivity contribution in [2.75, 3.05) is 71.0 Å². The van der Waals surface area contributed by atoms with Gasteiger partial charge in [-0.2, -0.15) is 0 Å². The van der Waals surface area contributed by atoms with E-state index in [0.717, 1.165) is 76.8 Å². The second kappa shape index (κ2) is 11.4. The lowest BCUT2D eigenvalue weighted by atomic mass is 9.92. The van der Waals surface area contributed by atoms with E-state index in [1.165, 1.54) is 0 Å². The summed E-state index contributed by atoms with van der Waals surface area (Å²) in [7, 11) is 1.70. The maximum Gasteiger partial charge on any atom is 0.317 e. The fourth-order valence-corrected chi connectivity index (χ4v) is 4.68. The lowest BCUT2D eigenvalue weighted by molar-refractivity contribution is 0.00210. The average molecular weight is 419 g/mol. The molecule has 2 heterocycles. The smallest absolute Gasteiger partial charge is 0.317 e. The van der Waals surface area contributed by atoms with E-state index in [9.17, 15) is 4.79 Å². The fraction of sp³-hybridized carbons (Fsp3) is 0.696. The van der Waals surface area contributed by atoms with Gasteiger partial charge in [-0.15, -0.1) is 0 Å². The first-order valence-electron chi connectivity index (χ1n) is 11.4. The summed E-state index contributed by atoms with van der Waals surface area (Å²) in [6.07, 6.45) is 2.26. The highest BCUT2D eigenvalue weighted by Crippen LogP contribution is 2.28. The molecule has 0 spiro atoms. The first-order chi connectivity index (χ1) is 14.7. The molecule has 1 atom stereocenters. The number of rotatable bonds is 8. The van der Waals surface area contributed by atoms with Crippen LogP contribution < -0.4 is 15.0 Å². The van der Waals surface area contributed by atoms with Crippen LogP contribution in [0.5, 0.6) is 5.75 Å². The van der Waals surface area contributed by atoms with Gasteiger partial charge in [-0.3, -0.25) is 4.90 Å². The number of ether oxygens (including phenoxy) is 2. The number of piperazine rings is 1. The van der Waals surface area contributed by atoms with Crippen LogP contribution in [0.3, 0.4) is 0 Å². The SMILES string of the molecule is CCC(CC)[C@H](CNC(=O)N1CCN(c2ccccc2OC)CC1)N1CCOCC1. The van der Waals surface area contributed by atoms with Crippen LogP contribution in [0.15, 0.2) is 24.3 Å². The van der Waals surface area contributed by atoms with Crippen LogP contribution in [0.25, 0.3) is 0 Å². The van der Waals surface area contributed by atoms with Crippen molar-refractivity contribution in [2.24, 2.45) is 5.92 Å². The Balaban J connectivity index is 1.53. The molecule has 1 aromatic rings. The molecule has 0 radical (unpaired) electrons. The van der Waals surface area contributed by atoms with Crippen molar-refractivity contribution in [2.45, 2.75) is 32.7 Å². The number of nitrogens with zero attached hydrogens (tertiary/aromatic N) is 3. The Hall–Kier alpha value is -1.99. The van der Waals surface area contributed by atoms with E-state index in [4.69, 9.17) is 9.47 Å². The van der Waals surface area contributed by atoms with E-state index in [2.05, 4.69) is 35.0 Å². The van der Waals surface area contributed by atoms with Crippen LogP contribution in [0.1, 0.15) is 26.7 Å². The number of hydrogen-bond acceptors (Lipinski definition) is 5. The van der Waals surface area contributed by atoms with E-state index in [1.807, 2.05) is 23.1 Å². The molecule has 30 heavy (non-hydrogen) atoms. The van der Waals surface area contributed by atoms with Gasteiger partial charge >= 0.3 is 6.03 Å². The molecule has 0 aliphatic carbocycles. The summed E-state index contributed by atoms with van der Waals surface area (Å²) < 4.78 is 11.0. The molecule has 0 bridgehead atoms. The third-order valence-corrected chi connectivity index (χ3v) is 6.56. The Morgan fingerprint density at radius 2 is 1.73 bits per heavy atom. The lowest BCUT2D eigenvalue weighted by Gasteiger charge is -2.40. The van der Waals surface area contributed by atoms with E-state index >= 15 is 0 Å². The van der Waals surface area contributed by atoms with Crippen molar-refractivity contribution in [3.05, 3.63) is 24.3 Å². The monoisotopic (exact) mass is 418 g/mol. The van der Waals surface area contributed by atoms with Gasteiger partial charge in [-0.25, -0.2) is 4.79 Å². The summed E-state index contributed by atoms with van der Waals surface area (Å²) in [5.74, 6) is 1.47. The van der Waals surface area contributed by atoms with E-state index in [-0.39, 0.29) is 6.03 Å². The molecule has 1 aromatic carbocycles. The van der Waals surface area contributed by atoms with Crippen molar-refractivity contribution in [1.82, 2.24) is 15.1 Å². The van der Waals surface area contributed by atoms with Gasteiger partial charge in [0.15, 0.2) is 0 Å². The maximum absolute atomic E-state index is 12.9. The summed E-state index contributed by atoms with van der Waals surface area (Å²) in [6.45, 7) is 11.8. The van der Waals surface area contributed by atoms with E-state index in [1.54, 1.807) is 7.11 Å². The minimum Gasteiger partial charge on any atom is -0.495 e. The first-order valence-corrected chi connectivity index (χ1v) is 11.4. The molecule has 0 unspecified atom stereocenters. The molecule has 2 amide bonds. The fourth-order valence-electron chi connectivity index (χ4n) is 4.68. The van der Waals surface area contributed by atoms with Crippen LogP contribution in [0.2, 0.25) is 0 Å². The number of carbonyl (C=O) groups excluding carboxylic acids is 1. The number of methoxy groups -OCH3 is 1. The van der Waals surface area contributed by atoms with Gasteiger partial charge in [0.05, 0.1) is 26.0 Å². The number of para-hydroxylation sites is 2. The van der Waals surface area contributed by atoms with E-state index < -0.39 is 0 Å². The molecular formula is C23H38N4O3. The van der Waals surface area contributed by atoms with Crippen molar-refractivity contribution < 1.29 is 14.3 Å². The largest absolute Gasteiger partial charge is 0.495 e. The van der Waals surface area contributed by atoms with Crippen molar-refractivity contribution >= 4 is 11.7 Å². The predicted molar refractivity (Wildman–Crippen MR) is 120 cm³/mol. The number of urea groups is 1. The molecule has 1 N–H and O–H groups in total. The number of morpholine rings is 1. The van der Waals surface area contributed by atoms with Crippen LogP contribution >= 0.6 is 0 Å². The van der Waals surface area contributed by atoms with Crippen LogP contribution in [-0.2, 0) is 4.74 Å². The van der Waals surface area contributed by atoms with Crippen molar-refractivity contribution in [1.29, 1.82) is 0 Å². The number of carbonyl (C=O) groups is 1. The third kappa shape index (κ3) is 5.58. The molecule has 168 valence electrons. The van der Waals surface area contributed by atoms with Gasteiger partial charge in [0.25, 0.3) is 0 Å². The summed E-state index contributed by atoms with van der Waals surface area (Å²) in [6, 6.07) is 8.51. The number of benzene rings is 1. The van der Waals surface area contributed by atoms with Gasteiger partial charge in [-0.05, 0) is 18.1 Å². The number of nitrogens with one attached hydrogen (secondary N) is 1. The zero-order valence-electron chi connectivity index (χ0n) is 18.8. The molecule has 2 aliphatic heterocycles.